The average molecular weight is 296 g/mol. The van der Waals surface area contributed by atoms with E-state index in [1.807, 2.05) is 6.92 Å². The van der Waals surface area contributed by atoms with Gasteiger partial charge in [0.25, 0.3) is 0 Å². The third-order valence-corrected chi connectivity index (χ3v) is 3.12. The van der Waals surface area contributed by atoms with Gasteiger partial charge in [-0.05, 0) is 31.5 Å². The molecule has 0 aliphatic rings. The van der Waals surface area contributed by atoms with Crippen molar-refractivity contribution in [1.82, 2.24) is 5.32 Å². The number of nitrogens with zero attached hydrogens (tertiary/aromatic N) is 1. The molecule has 1 atom stereocenters. The van der Waals surface area contributed by atoms with Crippen LogP contribution in [-0.2, 0) is 4.79 Å². The lowest BCUT2D eigenvalue weighted by molar-refractivity contribution is -0.139. The molecule has 0 bridgehead atoms. The number of carbonyl (C=O) groups is 2. The van der Waals surface area contributed by atoms with Crippen LogP contribution in [0, 0.1) is 5.82 Å². The zero-order chi connectivity index (χ0) is 15.8. The Bertz CT molecular complexity index is 494. The predicted octanol–water partition coefficient (Wildman–Crippen LogP) is 3.01. The maximum absolute atomic E-state index is 13.2. The van der Waals surface area contributed by atoms with E-state index in [-0.39, 0.29) is 0 Å². The molecule has 5 nitrogen and oxygen atoms in total. The van der Waals surface area contributed by atoms with Gasteiger partial charge in [0.15, 0.2) is 0 Å². The Labute approximate surface area is 123 Å². The van der Waals surface area contributed by atoms with Crippen LogP contribution in [0.4, 0.5) is 14.9 Å². The number of carbonyl (C=O) groups excluding carboxylic acids is 1. The fraction of sp³-hybridized carbons (Fsp3) is 0.467. The molecule has 116 valence electrons. The first-order valence-electron chi connectivity index (χ1n) is 7.06. The molecule has 21 heavy (non-hydrogen) atoms. The number of anilines is 1. The second-order valence-corrected chi connectivity index (χ2v) is 4.71. The average Bonchev–Trinajstić information content (AvgIpc) is 2.44. The highest BCUT2D eigenvalue weighted by Crippen LogP contribution is 2.16. The first-order valence-corrected chi connectivity index (χ1v) is 7.06. The molecule has 1 rings (SSSR count). The summed E-state index contributed by atoms with van der Waals surface area (Å²) in [6.45, 7) is 4.01. The quantitative estimate of drug-likeness (QED) is 0.812. The highest BCUT2D eigenvalue weighted by Gasteiger charge is 2.22. The SMILES string of the molecule is CCCC[C@H](NC(=O)N(CC)c1cccc(F)c1)C(=O)O. The topological polar surface area (TPSA) is 69.6 Å². The van der Waals surface area contributed by atoms with E-state index >= 15 is 0 Å². The summed E-state index contributed by atoms with van der Waals surface area (Å²) >= 11 is 0. The van der Waals surface area contributed by atoms with E-state index in [0.717, 1.165) is 6.42 Å². The van der Waals surface area contributed by atoms with Gasteiger partial charge in [-0.2, -0.15) is 0 Å². The Morgan fingerprint density at radius 1 is 1.38 bits per heavy atom. The maximum atomic E-state index is 13.2. The normalized spacial score (nSPS) is 11.8. The van der Waals surface area contributed by atoms with Crippen molar-refractivity contribution in [2.45, 2.75) is 39.2 Å². The minimum atomic E-state index is -1.06. The number of carboxylic acid groups (broad SMARTS) is 1. The van der Waals surface area contributed by atoms with Gasteiger partial charge in [0.05, 0.1) is 0 Å². The van der Waals surface area contributed by atoms with Crippen LogP contribution in [0.5, 0.6) is 0 Å². The predicted molar refractivity (Wildman–Crippen MR) is 78.9 cm³/mol. The van der Waals surface area contributed by atoms with Crippen LogP contribution in [0.15, 0.2) is 24.3 Å². The number of hydrogen-bond acceptors (Lipinski definition) is 2. The van der Waals surface area contributed by atoms with Gasteiger partial charge in [-0.25, -0.2) is 14.0 Å². The van der Waals surface area contributed by atoms with Crippen LogP contribution in [0.2, 0.25) is 0 Å². The summed E-state index contributed by atoms with van der Waals surface area (Å²) in [5.41, 5.74) is 0.398. The number of unbranched alkanes of at least 4 members (excludes halogenated alkanes) is 1. The van der Waals surface area contributed by atoms with Gasteiger partial charge >= 0.3 is 12.0 Å². The minimum Gasteiger partial charge on any atom is -0.480 e. The lowest BCUT2D eigenvalue weighted by atomic mass is 10.1. The third kappa shape index (κ3) is 5.06. The summed E-state index contributed by atoms with van der Waals surface area (Å²) in [5.74, 6) is -1.51. The number of carboxylic acids is 1. The lowest BCUT2D eigenvalue weighted by Crippen LogP contribution is -2.48. The molecule has 2 amide bonds. The van der Waals surface area contributed by atoms with Crippen molar-refractivity contribution < 1.29 is 19.1 Å². The van der Waals surface area contributed by atoms with Crippen LogP contribution >= 0.6 is 0 Å². The molecule has 2 N–H and O–H groups in total. The number of hydrogen-bond donors (Lipinski definition) is 2. The van der Waals surface area contributed by atoms with Gasteiger partial charge in [0.1, 0.15) is 11.9 Å². The van der Waals surface area contributed by atoms with E-state index in [1.54, 1.807) is 13.0 Å². The van der Waals surface area contributed by atoms with Crippen LogP contribution in [0.1, 0.15) is 33.1 Å². The molecule has 0 heterocycles. The Morgan fingerprint density at radius 3 is 2.62 bits per heavy atom. The van der Waals surface area contributed by atoms with E-state index in [4.69, 9.17) is 5.11 Å². The van der Waals surface area contributed by atoms with E-state index in [2.05, 4.69) is 5.32 Å². The third-order valence-electron chi connectivity index (χ3n) is 3.12. The molecule has 0 aliphatic carbocycles. The molecular formula is C15H21FN2O3. The molecule has 0 aromatic heterocycles. The molecule has 1 aromatic rings. The second-order valence-electron chi connectivity index (χ2n) is 4.71. The lowest BCUT2D eigenvalue weighted by Gasteiger charge is -2.24. The highest BCUT2D eigenvalue weighted by molar-refractivity contribution is 5.94. The van der Waals surface area contributed by atoms with Crippen molar-refractivity contribution in [2.24, 2.45) is 0 Å². The second kappa shape index (κ2) is 8.24. The highest BCUT2D eigenvalue weighted by atomic mass is 19.1. The van der Waals surface area contributed by atoms with Crippen molar-refractivity contribution in [1.29, 1.82) is 0 Å². The summed E-state index contributed by atoms with van der Waals surface area (Å²) in [4.78, 5) is 24.7. The van der Waals surface area contributed by atoms with Gasteiger partial charge in [-0.15, -0.1) is 0 Å². The molecule has 6 heteroatoms. The van der Waals surface area contributed by atoms with Crippen molar-refractivity contribution in [2.75, 3.05) is 11.4 Å². The summed E-state index contributed by atoms with van der Waals surface area (Å²) in [6.07, 6.45) is 1.93. The largest absolute Gasteiger partial charge is 0.480 e. The van der Waals surface area contributed by atoms with Crippen LogP contribution in [0.3, 0.4) is 0 Å². The van der Waals surface area contributed by atoms with Gasteiger partial charge in [0.2, 0.25) is 0 Å². The van der Waals surface area contributed by atoms with Gasteiger partial charge in [-0.3, -0.25) is 4.90 Å². The zero-order valence-electron chi connectivity index (χ0n) is 12.3. The number of benzene rings is 1. The Balaban J connectivity index is 2.80. The number of amides is 2. The van der Waals surface area contributed by atoms with Gasteiger partial charge in [0, 0.05) is 12.2 Å². The standard InChI is InChI=1S/C15H21FN2O3/c1-3-5-9-13(14(19)20)17-15(21)18(4-2)12-8-6-7-11(16)10-12/h6-8,10,13H,3-5,9H2,1-2H3,(H,17,21)(H,19,20)/t13-/m0/s1. The smallest absolute Gasteiger partial charge is 0.326 e. The molecule has 0 spiro atoms. The molecular weight excluding hydrogens is 275 g/mol. The maximum Gasteiger partial charge on any atom is 0.326 e. The van der Waals surface area contributed by atoms with E-state index in [0.29, 0.717) is 25.1 Å². The monoisotopic (exact) mass is 296 g/mol. The van der Waals surface area contributed by atoms with E-state index < -0.39 is 23.9 Å². The Kier molecular flexibility index (Phi) is 6.65. The molecule has 0 saturated carbocycles. The van der Waals surface area contributed by atoms with Crippen molar-refractivity contribution in [3.63, 3.8) is 0 Å². The van der Waals surface area contributed by atoms with Crippen molar-refractivity contribution >= 4 is 17.7 Å². The Morgan fingerprint density at radius 2 is 2.10 bits per heavy atom. The number of urea groups is 1. The first kappa shape index (κ1) is 16.9. The van der Waals surface area contributed by atoms with Gasteiger partial charge < -0.3 is 10.4 Å². The summed E-state index contributed by atoms with van der Waals surface area (Å²) in [6, 6.07) is 4.17. The number of halogens is 1. The van der Waals surface area contributed by atoms with Crippen molar-refractivity contribution in [3.8, 4) is 0 Å². The van der Waals surface area contributed by atoms with Crippen molar-refractivity contribution in [3.05, 3.63) is 30.1 Å². The zero-order valence-corrected chi connectivity index (χ0v) is 12.3. The number of rotatable bonds is 7. The summed E-state index contributed by atoms with van der Waals surface area (Å²) in [7, 11) is 0. The minimum absolute atomic E-state index is 0.315. The number of nitrogens with one attached hydrogen (secondary N) is 1. The van der Waals surface area contributed by atoms with E-state index in [1.165, 1.54) is 23.1 Å². The van der Waals surface area contributed by atoms with Gasteiger partial charge in [-0.1, -0.05) is 25.8 Å². The molecule has 0 aliphatic heterocycles. The molecule has 0 saturated heterocycles. The summed E-state index contributed by atoms with van der Waals surface area (Å²) in [5, 5.41) is 11.6. The fourth-order valence-electron chi connectivity index (χ4n) is 1.98. The fourth-order valence-corrected chi connectivity index (χ4v) is 1.98. The van der Waals surface area contributed by atoms with Crippen LogP contribution < -0.4 is 10.2 Å². The molecule has 0 radical (unpaired) electrons. The molecule has 0 fully saturated rings. The van der Waals surface area contributed by atoms with Crippen LogP contribution in [-0.4, -0.2) is 29.7 Å². The van der Waals surface area contributed by atoms with E-state index in [9.17, 15) is 14.0 Å². The summed E-state index contributed by atoms with van der Waals surface area (Å²) < 4.78 is 13.2. The first-order chi connectivity index (χ1) is 9.99. The number of aliphatic carboxylic acids is 1. The van der Waals surface area contributed by atoms with Crippen LogP contribution in [0.25, 0.3) is 0 Å². The Hall–Kier alpha value is -2.11. The molecule has 1 aromatic carbocycles. The molecule has 0 unspecified atom stereocenters.